The minimum absolute atomic E-state index is 0.983. The molecule has 0 aromatic carbocycles. The van der Waals surface area contributed by atoms with Crippen molar-refractivity contribution in [3.05, 3.63) is 0 Å². The first kappa shape index (κ1) is 9.61. The Bertz CT molecular complexity index is 279. The second kappa shape index (κ2) is 3.46. The molecular weight excluding hydrogens is 188 g/mol. The van der Waals surface area contributed by atoms with Crippen LogP contribution < -0.4 is 0 Å². The fourth-order valence-electron chi connectivity index (χ4n) is 3.16. The lowest BCUT2D eigenvalue weighted by molar-refractivity contribution is -0.974. The summed E-state index contributed by atoms with van der Waals surface area (Å²) in [7, 11) is 0. The van der Waals surface area contributed by atoms with Gasteiger partial charge in [-0.25, -0.2) is 14.7 Å². The van der Waals surface area contributed by atoms with E-state index in [1.54, 1.807) is 0 Å². The van der Waals surface area contributed by atoms with Crippen LogP contribution in [0.2, 0.25) is 0 Å². The van der Waals surface area contributed by atoms with E-state index in [-0.39, 0.29) is 0 Å². The van der Waals surface area contributed by atoms with Crippen LogP contribution in [-0.2, 0) is 0 Å². The molecule has 4 aliphatic heterocycles. The lowest BCUT2D eigenvalue weighted by atomic mass is 10.3. The largest absolute Gasteiger partial charge is 0.276 e. The van der Waals surface area contributed by atoms with E-state index in [4.69, 9.17) is 0 Å². The van der Waals surface area contributed by atoms with Crippen molar-refractivity contribution < 1.29 is 4.48 Å². The van der Waals surface area contributed by atoms with Crippen molar-refractivity contribution >= 4 is 0 Å². The Hall–Kier alpha value is -0.600. The third-order valence-electron chi connectivity index (χ3n) is 3.42. The van der Waals surface area contributed by atoms with Crippen molar-refractivity contribution in [3.63, 3.8) is 0 Å². The molecule has 4 aliphatic rings. The molecule has 0 N–H and O–H groups in total. The molecule has 0 amide bonds. The Morgan fingerprint density at radius 2 is 1.47 bits per heavy atom. The third-order valence-corrected chi connectivity index (χ3v) is 3.42. The molecule has 82 valence electrons. The van der Waals surface area contributed by atoms with Crippen LogP contribution in [0.4, 0.5) is 0 Å². The molecule has 4 heteroatoms. The first-order chi connectivity index (χ1) is 7.30. The lowest BCUT2D eigenvalue weighted by Gasteiger charge is -2.60. The van der Waals surface area contributed by atoms with Gasteiger partial charge in [0.05, 0.1) is 20.0 Å². The normalized spacial score (nSPS) is 46.3. The summed E-state index contributed by atoms with van der Waals surface area (Å²) in [6, 6.07) is 0. The van der Waals surface area contributed by atoms with Gasteiger partial charge in [0.2, 0.25) is 0 Å². The van der Waals surface area contributed by atoms with Crippen molar-refractivity contribution in [2.24, 2.45) is 0 Å². The highest BCUT2D eigenvalue weighted by molar-refractivity contribution is 4.98. The monoisotopic (exact) mass is 207 g/mol. The van der Waals surface area contributed by atoms with Gasteiger partial charge >= 0.3 is 0 Å². The first-order valence-electron chi connectivity index (χ1n) is 5.78. The van der Waals surface area contributed by atoms with Crippen molar-refractivity contribution in [1.82, 2.24) is 14.7 Å². The van der Waals surface area contributed by atoms with Gasteiger partial charge in [-0.3, -0.25) is 4.48 Å². The number of nitrogens with zero attached hydrogens (tertiary/aromatic N) is 4. The van der Waals surface area contributed by atoms with Crippen LogP contribution in [0.3, 0.4) is 0 Å². The van der Waals surface area contributed by atoms with Gasteiger partial charge < -0.3 is 0 Å². The molecule has 0 aromatic heterocycles. The second-order valence-corrected chi connectivity index (χ2v) is 5.07. The number of rotatable bonds is 1. The van der Waals surface area contributed by atoms with Crippen LogP contribution >= 0.6 is 0 Å². The topological polar surface area (TPSA) is 9.72 Å². The Kier molecular flexibility index (Phi) is 2.22. The van der Waals surface area contributed by atoms with Crippen LogP contribution in [0.15, 0.2) is 0 Å². The molecule has 0 aliphatic carbocycles. The first-order valence-corrected chi connectivity index (χ1v) is 5.78. The van der Waals surface area contributed by atoms with Gasteiger partial charge in [-0.2, -0.15) is 0 Å². The maximum atomic E-state index is 3.33. The van der Waals surface area contributed by atoms with Gasteiger partial charge in [0.25, 0.3) is 0 Å². The summed E-state index contributed by atoms with van der Waals surface area (Å²) in [6.07, 6.45) is 0.983. The highest BCUT2D eigenvalue weighted by Crippen LogP contribution is 2.27. The fourth-order valence-corrected chi connectivity index (χ4v) is 3.16. The van der Waals surface area contributed by atoms with E-state index in [0.29, 0.717) is 0 Å². The molecule has 4 rings (SSSR count). The molecule has 4 nitrogen and oxygen atoms in total. The average Bonchev–Trinajstić information content (AvgIpc) is 2.15. The van der Waals surface area contributed by atoms with Crippen LogP contribution in [0.1, 0.15) is 13.3 Å². The molecule has 0 aromatic rings. The maximum Gasteiger partial charge on any atom is 0.144 e. The predicted octanol–water partition coefficient (Wildman–Crippen LogP) is -0.0916. The quantitative estimate of drug-likeness (QED) is 0.439. The highest BCUT2D eigenvalue weighted by Gasteiger charge is 2.47. The second-order valence-electron chi connectivity index (χ2n) is 5.07. The standard InChI is InChI=1S/C11H19N4/c1-2-3-4-5-15-9-12-6-13(10-15)8-14(7-12)11-15/h2,5-11H2,1H3/q+1. The van der Waals surface area contributed by atoms with E-state index in [0.717, 1.165) is 37.5 Å². The molecule has 0 unspecified atom stereocenters. The van der Waals surface area contributed by atoms with E-state index in [1.807, 2.05) is 0 Å². The average molecular weight is 207 g/mol. The summed E-state index contributed by atoms with van der Waals surface area (Å²) in [4.78, 5) is 7.60. The zero-order valence-corrected chi connectivity index (χ0v) is 9.45. The van der Waals surface area contributed by atoms with Gasteiger partial charge in [-0.15, -0.1) is 0 Å². The van der Waals surface area contributed by atoms with E-state index in [9.17, 15) is 0 Å². The molecule has 0 saturated carbocycles. The van der Waals surface area contributed by atoms with Crippen LogP contribution in [0, 0.1) is 11.8 Å². The Labute approximate surface area is 91.6 Å². The summed E-state index contributed by atoms with van der Waals surface area (Å²) >= 11 is 0. The van der Waals surface area contributed by atoms with Gasteiger partial charge in [0.1, 0.15) is 26.6 Å². The smallest absolute Gasteiger partial charge is 0.144 e. The Balaban J connectivity index is 1.75. The van der Waals surface area contributed by atoms with Crippen molar-refractivity contribution in [3.8, 4) is 11.8 Å². The van der Waals surface area contributed by atoms with E-state index >= 15 is 0 Å². The van der Waals surface area contributed by atoms with Crippen molar-refractivity contribution in [2.45, 2.75) is 13.3 Å². The molecule has 4 saturated heterocycles. The molecule has 0 atom stereocenters. The van der Waals surface area contributed by atoms with Crippen molar-refractivity contribution in [1.29, 1.82) is 0 Å². The molecule has 0 spiro atoms. The van der Waals surface area contributed by atoms with Crippen molar-refractivity contribution in [2.75, 3.05) is 46.6 Å². The minimum atomic E-state index is 0.983. The number of quaternary nitrogens is 1. The Morgan fingerprint density at radius 1 is 0.933 bits per heavy atom. The molecular formula is C11H19N4+. The minimum Gasteiger partial charge on any atom is -0.276 e. The summed E-state index contributed by atoms with van der Waals surface area (Å²) in [5.41, 5.74) is 0. The molecule has 15 heavy (non-hydrogen) atoms. The third kappa shape index (κ3) is 1.66. The molecule has 4 bridgehead atoms. The van der Waals surface area contributed by atoms with Crippen LogP contribution in [0.5, 0.6) is 0 Å². The Morgan fingerprint density at radius 3 is 1.93 bits per heavy atom. The molecule has 0 radical (unpaired) electrons. The SMILES string of the molecule is CCC#CC[N+]12CN3CN(CN(C3)C1)C2. The van der Waals surface area contributed by atoms with E-state index in [1.165, 1.54) is 20.0 Å². The summed E-state index contributed by atoms with van der Waals surface area (Å²) in [5.74, 6) is 6.54. The molecule has 4 fully saturated rings. The van der Waals surface area contributed by atoms with Gasteiger partial charge in [0, 0.05) is 6.42 Å². The zero-order chi connectivity index (χ0) is 10.3. The molecule has 4 heterocycles. The summed E-state index contributed by atoms with van der Waals surface area (Å²) < 4.78 is 1.15. The number of hydrogen-bond donors (Lipinski definition) is 0. The van der Waals surface area contributed by atoms with Gasteiger partial charge in [-0.1, -0.05) is 12.8 Å². The fraction of sp³-hybridized carbons (Fsp3) is 0.818. The van der Waals surface area contributed by atoms with E-state index in [2.05, 4.69) is 33.5 Å². The van der Waals surface area contributed by atoms with Gasteiger partial charge in [0.15, 0.2) is 0 Å². The summed E-state index contributed by atoms with van der Waals surface area (Å²) in [6.45, 7) is 10.2. The van der Waals surface area contributed by atoms with Crippen LogP contribution in [0.25, 0.3) is 0 Å². The summed E-state index contributed by atoms with van der Waals surface area (Å²) in [5, 5.41) is 0. The highest BCUT2D eigenvalue weighted by atomic mass is 15.7. The van der Waals surface area contributed by atoms with E-state index < -0.39 is 0 Å². The van der Waals surface area contributed by atoms with Crippen LogP contribution in [-0.4, -0.2) is 65.7 Å². The zero-order valence-electron chi connectivity index (χ0n) is 9.45. The van der Waals surface area contributed by atoms with Gasteiger partial charge in [-0.05, 0) is 5.92 Å². The maximum absolute atomic E-state index is 3.33. The number of hydrogen-bond acceptors (Lipinski definition) is 3. The lowest BCUT2D eigenvalue weighted by Crippen LogP contribution is -2.79. The predicted molar refractivity (Wildman–Crippen MR) is 57.9 cm³/mol.